The number of ether oxygens (including phenoxy) is 1. The molecular weight excluding hydrogens is 224 g/mol. The molecule has 0 radical (unpaired) electrons. The van der Waals surface area contributed by atoms with Crippen LogP contribution in [-0.4, -0.2) is 5.97 Å². The molecule has 0 aliphatic carbocycles. The Hall–Kier alpha value is -0.790. The zero-order chi connectivity index (χ0) is 13.2. The standard InChI is InChI=1S/C16H28O2/c1-3-4-5-6-7-8-9-10-11-12-13-15-14(2)18-16(15)17/h15H,2-13H2,1H3. The van der Waals surface area contributed by atoms with Crippen LogP contribution in [0.4, 0.5) is 0 Å². The number of esters is 1. The number of hydrogen-bond acceptors (Lipinski definition) is 2. The molecule has 0 aromatic carbocycles. The van der Waals surface area contributed by atoms with Gasteiger partial charge in [-0.05, 0) is 6.42 Å². The second-order valence-corrected chi connectivity index (χ2v) is 5.41. The lowest BCUT2D eigenvalue weighted by molar-refractivity contribution is -0.157. The Morgan fingerprint density at radius 2 is 1.44 bits per heavy atom. The molecule has 1 aliphatic rings. The van der Waals surface area contributed by atoms with Crippen LogP contribution in [0.1, 0.15) is 77.6 Å². The third-order valence-corrected chi connectivity index (χ3v) is 3.75. The van der Waals surface area contributed by atoms with Crippen LogP contribution in [0.15, 0.2) is 12.3 Å². The predicted octanol–water partition coefficient (Wildman–Crippen LogP) is 4.98. The molecule has 1 aliphatic heterocycles. The number of unbranched alkanes of at least 4 members (excludes halogenated alkanes) is 9. The quantitative estimate of drug-likeness (QED) is 0.383. The maximum Gasteiger partial charge on any atom is 0.321 e. The summed E-state index contributed by atoms with van der Waals surface area (Å²) in [4.78, 5) is 11.0. The molecule has 18 heavy (non-hydrogen) atoms. The second-order valence-electron chi connectivity index (χ2n) is 5.41. The van der Waals surface area contributed by atoms with Gasteiger partial charge in [0, 0.05) is 0 Å². The minimum Gasteiger partial charge on any atom is -0.430 e. The Labute approximate surface area is 112 Å². The van der Waals surface area contributed by atoms with Crippen LogP contribution in [0.2, 0.25) is 0 Å². The van der Waals surface area contributed by atoms with Crippen LogP contribution in [0, 0.1) is 5.92 Å². The molecular formula is C16H28O2. The lowest BCUT2D eigenvalue weighted by Gasteiger charge is -2.26. The summed E-state index contributed by atoms with van der Waals surface area (Å²) in [5, 5.41) is 0. The smallest absolute Gasteiger partial charge is 0.321 e. The van der Waals surface area contributed by atoms with Crippen molar-refractivity contribution in [2.24, 2.45) is 5.92 Å². The van der Waals surface area contributed by atoms with E-state index in [-0.39, 0.29) is 11.9 Å². The van der Waals surface area contributed by atoms with Crippen molar-refractivity contribution in [2.75, 3.05) is 0 Å². The van der Waals surface area contributed by atoms with Gasteiger partial charge in [-0.2, -0.15) is 0 Å². The fourth-order valence-electron chi connectivity index (χ4n) is 2.46. The molecule has 0 aromatic rings. The highest BCUT2D eigenvalue weighted by molar-refractivity contribution is 5.82. The summed E-state index contributed by atoms with van der Waals surface area (Å²) in [5.41, 5.74) is 0. The first-order valence-electron chi connectivity index (χ1n) is 7.66. The average molecular weight is 252 g/mol. The molecule has 0 amide bonds. The molecule has 0 bridgehead atoms. The van der Waals surface area contributed by atoms with E-state index in [9.17, 15) is 4.79 Å². The van der Waals surface area contributed by atoms with Crippen LogP contribution in [-0.2, 0) is 9.53 Å². The maximum atomic E-state index is 11.0. The highest BCUT2D eigenvalue weighted by Gasteiger charge is 2.34. The molecule has 0 aromatic heterocycles. The van der Waals surface area contributed by atoms with Gasteiger partial charge in [-0.25, -0.2) is 0 Å². The first-order valence-corrected chi connectivity index (χ1v) is 7.66. The van der Waals surface area contributed by atoms with E-state index in [1.54, 1.807) is 0 Å². The van der Waals surface area contributed by atoms with Gasteiger partial charge in [-0.3, -0.25) is 4.79 Å². The summed E-state index contributed by atoms with van der Waals surface area (Å²) in [6.07, 6.45) is 14.3. The van der Waals surface area contributed by atoms with Crippen LogP contribution in [0.25, 0.3) is 0 Å². The minimum atomic E-state index is -0.0732. The van der Waals surface area contributed by atoms with Crippen LogP contribution in [0.3, 0.4) is 0 Å². The number of carbonyl (C=O) groups is 1. The van der Waals surface area contributed by atoms with E-state index in [0.717, 1.165) is 12.8 Å². The van der Waals surface area contributed by atoms with E-state index in [1.165, 1.54) is 57.8 Å². The summed E-state index contributed by atoms with van der Waals surface area (Å²) < 4.78 is 4.76. The molecule has 1 rings (SSSR count). The van der Waals surface area contributed by atoms with Crippen molar-refractivity contribution in [3.63, 3.8) is 0 Å². The molecule has 1 atom stereocenters. The summed E-state index contributed by atoms with van der Waals surface area (Å²) in [6, 6.07) is 0. The summed E-state index contributed by atoms with van der Waals surface area (Å²) >= 11 is 0. The van der Waals surface area contributed by atoms with E-state index < -0.39 is 0 Å². The zero-order valence-electron chi connectivity index (χ0n) is 11.9. The molecule has 2 nitrogen and oxygen atoms in total. The number of cyclic esters (lactones) is 1. The van der Waals surface area contributed by atoms with Crippen LogP contribution >= 0.6 is 0 Å². The third kappa shape index (κ3) is 5.70. The van der Waals surface area contributed by atoms with Gasteiger partial charge in [0.25, 0.3) is 0 Å². The fraction of sp³-hybridized carbons (Fsp3) is 0.812. The maximum absolute atomic E-state index is 11.0. The van der Waals surface area contributed by atoms with E-state index in [4.69, 9.17) is 4.74 Å². The number of carbonyl (C=O) groups excluding carboxylic acids is 1. The Kier molecular flexibility index (Phi) is 7.79. The third-order valence-electron chi connectivity index (χ3n) is 3.75. The number of hydrogen-bond donors (Lipinski definition) is 0. The molecule has 104 valence electrons. The van der Waals surface area contributed by atoms with E-state index in [0.29, 0.717) is 5.76 Å². The highest BCUT2D eigenvalue weighted by atomic mass is 16.6. The van der Waals surface area contributed by atoms with Gasteiger partial charge in [0.2, 0.25) is 0 Å². The molecule has 0 spiro atoms. The minimum absolute atomic E-state index is 0.0130. The van der Waals surface area contributed by atoms with Gasteiger partial charge >= 0.3 is 5.97 Å². The Bertz CT molecular complexity index is 244. The topological polar surface area (TPSA) is 26.3 Å². The summed E-state index contributed by atoms with van der Waals surface area (Å²) in [6.45, 7) is 5.97. The van der Waals surface area contributed by atoms with E-state index in [2.05, 4.69) is 13.5 Å². The van der Waals surface area contributed by atoms with E-state index in [1.807, 2.05) is 0 Å². The monoisotopic (exact) mass is 252 g/mol. The Morgan fingerprint density at radius 3 is 1.89 bits per heavy atom. The molecule has 0 saturated carbocycles. The highest BCUT2D eigenvalue weighted by Crippen LogP contribution is 2.29. The largest absolute Gasteiger partial charge is 0.430 e. The Morgan fingerprint density at radius 1 is 0.944 bits per heavy atom. The molecule has 1 heterocycles. The molecule has 1 unspecified atom stereocenters. The normalized spacial score (nSPS) is 18.6. The average Bonchev–Trinajstić information content (AvgIpc) is 2.36. The van der Waals surface area contributed by atoms with Gasteiger partial charge < -0.3 is 4.74 Å². The lowest BCUT2D eigenvalue weighted by atomic mass is 9.95. The first kappa shape index (κ1) is 15.3. The van der Waals surface area contributed by atoms with Gasteiger partial charge in [0.15, 0.2) is 0 Å². The van der Waals surface area contributed by atoms with Crippen molar-refractivity contribution in [2.45, 2.75) is 77.6 Å². The first-order chi connectivity index (χ1) is 8.75. The van der Waals surface area contributed by atoms with Crippen molar-refractivity contribution in [3.8, 4) is 0 Å². The van der Waals surface area contributed by atoms with Crippen LogP contribution in [0.5, 0.6) is 0 Å². The van der Waals surface area contributed by atoms with Crippen molar-refractivity contribution in [1.82, 2.24) is 0 Å². The zero-order valence-corrected chi connectivity index (χ0v) is 11.9. The molecule has 0 N–H and O–H groups in total. The van der Waals surface area contributed by atoms with Gasteiger partial charge in [-0.1, -0.05) is 77.7 Å². The van der Waals surface area contributed by atoms with Crippen molar-refractivity contribution in [3.05, 3.63) is 12.3 Å². The molecule has 2 heteroatoms. The van der Waals surface area contributed by atoms with Crippen molar-refractivity contribution >= 4 is 5.97 Å². The SMILES string of the molecule is C=C1OC(=O)C1CCCCCCCCCCCC. The number of rotatable bonds is 11. The second kappa shape index (κ2) is 9.18. The molecule has 1 saturated heterocycles. The van der Waals surface area contributed by atoms with Gasteiger partial charge in [-0.15, -0.1) is 0 Å². The Balaban J connectivity index is 1.79. The van der Waals surface area contributed by atoms with E-state index >= 15 is 0 Å². The summed E-state index contributed by atoms with van der Waals surface area (Å²) in [5.74, 6) is 0.617. The predicted molar refractivity (Wildman–Crippen MR) is 75.2 cm³/mol. The van der Waals surface area contributed by atoms with Gasteiger partial charge in [0.05, 0.1) is 0 Å². The lowest BCUT2D eigenvalue weighted by Crippen LogP contribution is -2.31. The van der Waals surface area contributed by atoms with Crippen molar-refractivity contribution in [1.29, 1.82) is 0 Å². The summed E-state index contributed by atoms with van der Waals surface area (Å²) in [7, 11) is 0. The van der Waals surface area contributed by atoms with Crippen molar-refractivity contribution < 1.29 is 9.53 Å². The van der Waals surface area contributed by atoms with Gasteiger partial charge in [0.1, 0.15) is 11.7 Å². The fourth-order valence-corrected chi connectivity index (χ4v) is 2.46. The van der Waals surface area contributed by atoms with Crippen LogP contribution < -0.4 is 0 Å². The molecule has 1 fully saturated rings.